The lowest BCUT2D eigenvalue weighted by molar-refractivity contribution is 0.0500. The summed E-state index contributed by atoms with van der Waals surface area (Å²) in [4.78, 5) is 16.5. The van der Waals surface area contributed by atoms with Crippen LogP contribution in [0.1, 0.15) is 88.4 Å². The van der Waals surface area contributed by atoms with Crippen molar-refractivity contribution >= 4 is 6.03 Å². The molecular formula is C17H28N4O3. The summed E-state index contributed by atoms with van der Waals surface area (Å²) in [5.74, 6) is 1.58. The maximum atomic E-state index is 12.0. The van der Waals surface area contributed by atoms with Gasteiger partial charge in [0, 0.05) is 12.5 Å². The van der Waals surface area contributed by atoms with Crippen LogP contribution < -0.4 is 10.6 Å². The van der Waals surface area contributed by atoms with Crippen LogP contribution in [0.25, 0.3) is 0 Å². The maximum Gasteiger partial charge on any atom is 0.315 e. The highest BCUT2D eigenvalue weighted by atomic mass is 16.5. The van der Waals surface area contributed by atoms with Gasteiger partial charge in [0.1, 0.15) is 6.04 Å². The highest BCUT2D eigenvalue weighted by Gasteiger charge is 2.31. The van der Waals surface area contributed by atoms with E-state index in [1.54, 1.807) is 0 Å². The van der Waals surface area contributed by atoms with Crippen molar-refractivity contribution in [1.29, 1.82) is 0 Å². The van der Waals surface area contributed by atoms with Gasteiger partial charge < -0.3 is 20.3 Å². The summed E-state index contributed by atoms with van der Waals surface area (Å²) in [5, 5.41) is 19.9. The molecule has 1 aromatic heterocycles. The van der Waals surface area contributed by atoms with E-state index < -0.39 is 5.60 Å². The molecule has 2 fully saturated rings. The Morgan fingerprint density at radius 2 is 2.00 bits per heavy atom. The van der Waals surface area contributed by atoms with Crippen molar-refractivity contribution in [2.75, 3.05) is 6.54 Å². The van der Waals surface area contributed by atoms with Crippen LogP contribution in [0.4, 0.5) is 4.79 Å². The summed E-state index contributed by atoms with van der Waals surface area (Å²) >= 11 is 0. The monoisotopic (exact) mass is 336 g/mol. The fourth-order valence-corrected chi connectivity index (χ4v) is 3.71. The average molecular weight is 336 g/mol. The van der Waals surface area contributed by atoms with Crippen LogP contribution >= 0.6 is 0 Å². The molecule has 134 valence electrons. The zero-order valence-corrected chi connectivity index (χ0v) is 14.4. The molecule has 1 atom stereocenters. The first kappa shape index (κ1) is 17.2. The van der Waals surface area contributed by atoms with E-state index in [9.17, 15) is 9.90 Å². The molecule has 1 heterocycles. The minimum Gasteiger partial charge on any atom is -0.388 e. The number of carbonyl (C=O) groups is 1. The summed E-state index contributed by atoms with van der Waals surface area (Å²) in [6, 6.07) is -0.673. The van der Waals surface area contributed by atoms with E-state index in [1.165, 1.54) is 19.3 Å². The Labute approximate surface area is 142 Å². The number of aromatic nitrogens is 2. The quantitative estimate of drug-likeness (QED) is 0.767. The molecule has 0 aromatic carbocycles. The maximum absolute atomic E-state index is 12.0. The Morgan fingerprint density at radius 3 is 2.71 bits per heavy atom. The van der Waals surface area contributed by atoms with E-state index in [2.05, 4.69) is 20.8 Å². The molecule has 7 nitrogen and oxygen atoms in total. The molecule has 3 rings (SSSR count). The van der Waals surface area contributed by atoms with Crippen molar-refractivity contribution < 1.29 is 14.4 Å². The smallest absolute Gasteiger partial charge is 0.315 e. The molecule has 2 saturated carbocycles. The largest absolute Gasteiger partial charge is 0.388 e. The van der Waals surface area contributed by atoms with E-state index >= 15 is 0 Å². The number of urea groups is 1. The second-order valence-corrected chi connectivity index (χ2v) is 7.31. The van der Waals surface area contributed by atoms with Gasteiger partial charge in [0.15, 0.2) is 5.82 Å². The minimum absolute atomic E-state index is 0.280. The third-order valence-corrected chi connectivity index (χ3v) is 5.26. The van der Waals surface area contributed by atoms with Crippen LogP contribution in [0.15, 0.2) is 4.52 Å². The number of nitrogens with one attached hydrogen (secondary N) is 2. The molecule has 24 heavy (non-hydrogen) atoms. The number of hydrogen-bond donors (Lipinski definition) is 3. The molecule has 2 aliphatic carbocycles. The van der Waals surface area contributed by atoms with Crippen molar-refractivity contribution in [2.45, 2.75) is 82.3 Å². The van der Waals surface area contributed by atoms with Gasteiger partial charge in [-0.15, -0.1) is 0 Å². The third kappa shape index (κ3) is 4.26. The molecule has 0 radical (unpaired) electrons. The molecule has 0 spiro atoms. The molecule has 0 saturated heterocycles. The standard InChI is InChI=1S/C17H28N4O3/c1-12(19-16(22)18-11-17(23)9-5-6-10-17)15-20-14(21-24-15)13-7-3-2-4-8-13/h12-13,23H,2-11H2,1H3,(H2,18,19,22). The van der Waals surface area contributed by atoms with Crippen LogP contribution in [0.3, 0.4) is 0 Å². The van der Waals surface area contributed by atoms with Crippen molar-refractivity contribution in [1.82, 2.24) is 20.8 Å². The predicted octanol–water partition coefficient (Wildman–Crippen LogP) is 2.78. The number of rotatable bonds is 5. The van der Waals surface area contributed by atoms with E-state index in [0.29, 0.717) is 11.8 Å². The molecule has 1 aromatic rings. The fourth-order valence-electron chi connectivity index (χ4n) is 3.71. The highest BCUT2D eigenvalue weighted by molar-refractivity contribution is 5.74. The Morgan fingerprint density at radius 1 is 1.29 bits per heavy atom. The number of hydrogen-bond acceptors (Lipinski definition) is 5. The zero-order valence-electron chi connectivity index (χ0n) is 14.4. The van der Waals surface area contributed by atoms with Crippen LogP contribution in [-0.4, -0.2) is 33.4 Å². The molecule has 2 aliphatic rings. The van der Waals surface area contributed by atoms with Crippen molar-refractivity contribution in [2.24, 2.45) is 0 Å². The molecule has 7 heteroatoms. The Balaban J connectivity index is 1.48. The summed E-state index contributed by atoms with van der Waals surface area (Å²) in [6.45, 7) is 2.10. The summed E-state index contributed by atoms with van der Waals surface area (Å²) in [7, 11) is 0. The highest BCUT2D eigenvalue weighted by Crippen LogP contribution is 2.31. The fraction of sp³-hybridized carbons (Fsp3) is 0.824. The molecule has 0 bridgehead atoms. The van der Waals surface area contributed by atoms with Gasteiger partial charge >= 0.3 is 6.03 Å². The van der Waals surface area contributed by atoms with Crippen LogP contribution in [0, 0.1) is 0 Å². The zero-order chi connectivity index (χ0) is 17.0. The first-order chi connectivity index (χ1) is 11.6. The van der Waals surface area contributed by atoms with Crippen molar-refractivity contribution in [3.05, 3.63) is 11.7 Å². The van der Waals surface area contributed by atoms with Gasteiger partial charge in [-0.1, -0.05) is 37.3 Å². The lowest BCUT2D eigenvalue weighted by atomic mass is 9.89. The van der Waals surface area contributed by atoms with Gasteiger partial charge in [-0.3, -0.25) is 0 Å². The Bertz CT molecular complexity index is 548. The molecule has 3 N–H and O–H groups in total. The summed E-state index contributed by atoms with van der Waals surface area (Å²) in [5.41, 5.74) is -0.751. The predicted molar refractivity (Wildman–Crippen MR) is 88.5 cm³/mol. The normalized spacial score (nSPS) is 22.2. The van der Waals surface area contributed by atoms with Crippen LogP contribution in [0.5, 0.6) is 0 Å². The second kappa shape index (κ2) is 7.51. The summed E-state index contributed by atoms with van der Waals surface area (Å²) < 4.78 is 5.33. The third-order valence-electron chi connectivity index (χ3n) is 5.26. The van der Waals surface area contributed by atoms with Crippen molar-refractivity contribution in [3.63, 3.8) is 0 Å². The first-order valence-corrected chi connectivity index (χ1v) is 9.16. The topological polar surface area (TPSA) is 100 Å². The number of amides is 2. The Hall–Kier alpha value is -1.63. The number of nitrogens with zero attached hydrogens (tertiary/aromatic N) is 2. The average Bonchev–Trinajstić information content (AvgIpc) is 3.24. The molecular weight excluding hydrogens is 308 g/mol. The van der Waals surface area contributed by atoms with E-state index in [4.69, 9.17) is 4.52 Å². The SMILES string of the molecule is CC(NC(=O)NCC1(O)CCCC1)c1nc(C2CCCCC2)no1. The molecule has 0 aliphatic heterocycles. The van der Waals surface area contributed by atoms with Gasteiger partial charge in [-0.2, -0.15) is 4.98 Å². The van der Waals surface area contributed by atoms with Gasteiger partial charge in [-0.25, -0.2) is 4.79 Å². The lowest BCUT2D eigenvalue weighted by Gasteiger charge is -2.22. The number of aliphatic hydroxyl groups is 1. The number of carbonyl (C=O) groups excluding carboxylic acids is 1. The minimum atomic E-state index is -0.751. The van der Waals surface area contributed by atoms with Gasteiger partial charge in [0.25, 0.3) is 0 Å². The van der Waals surface area contributed by atoms with Crippen LogP contribution in [0.2, 0.25) is 0 Å². The lowest BCUT2D eigenvalue weighted by Crippen LogP contribution is -2.45. The van der Waals surface area contributed by atoms with Gasteiger partial charge in [0.2, 0.25) is 5.89 Å². The van der Waals surface area contributed by atoms with Gasteiger partial charge in [-0.05, 0) is 32.6 Å². The second-order valence-electron chi connectivity index (χ2n) is 7.31. The first-order valence-electron chi connectivity index (χ1n) is 9.16. The van der Waals surface area contributed by atoms with Gasteiger partial charge in [0.05, 0.1) is 5.60 Å². The van der Waals surface area contributed by atoms with E-state index in [1.807, 2.05) is 6.92 Å². The van der Waals surface area contributed by atoms with Crippen molar-refractivity contribution in [3.8, 4) is 0 Å². The van der Waals surface area contributed by atoms with E-state index in [-0.39, 0.29) is 18.6 Å². The molecule has 1 unspecified atom stereocenters. The van der Waals surface area contributed by atoms with Crippen LogP contribution in [-0.2, 0) is 0 Å². The summed E-state index contributed by atoms with van der Waals surface area (Å²) in [6.07, 6.45) is 9.46. The van der Waals surface area contributed by atoms with E-state index in [0.717, 1.165) is 44.3 Å². The Kier molecular flexibility index (Phi) is 5.38. The molecule has 2 amide bonds.